The molecule has 2 heterocycles. The van der Waals surface area contributed by atoms with Crippen molar-refractivity contribution in [3.05, 3.63) is 0 Å². The highest BCUT2D eigenvalue weighted by atomic mass is 16.5. The van der Waals surface area contributed by atoms with Gasteiger partial charge in [-0.2, -0.15) is 0 Å². The first-order chi connectivity index (χ1) is 11.6. The van der Waals surface area contributed by atoms with Gasteiger partial charge in [0.05, 0.1) is 12.3 Å². The third kappa shape index (κ3) is 4.80. The standard InChI is InChI=1S/C16H32N6O2/c1-10-8-14(18-6-5-17)21-15(19-10)22-16(23)20-12-2-3-13-11(9-12)4-7-24-13/h10-15,18-19,21H,2-9,17H2,1H3,(H2,20,22,23). The Hall–Kier alpha value is -0.930. The van der Waals surface area contributed by atoms with Crippen LogP contribution in [0.1, 0.15) is 39.0 Å². The van der Waals surface area contributed by atoms with E-state index in [1.807, 2.05) is 0 Å². The molecule has 2 aliphatic heterocycles. The molecule has 2 saturated heterocycles. The van der Waals surface area contributed by atoms with Crippen molar-refractivity contribution in [1.82, 2.24) is 26.6 Å². The minimum absolute atomic E-state index is 0.117. The van der Waals surface area contributed by atoms with E-state index in [2.05, 4.69) is 33.5 Å². The third-order valence-electron chi connectivity index (χ3n) is 5.29. The molecular weight excluding hydrogens is 308 g/mol. The number of carbonyl (C=O) groups is 1. The summed E-state index contributed by atoms with van der Waals surface area (Å²) in [7, 11) is 0. The zero-order chi connectivity index (χ0) is 16.9. The number of urea groups is 1. The molecule has 0 aromatic heterocycles. The van der Waals surface area contributed by atoms with Crippen molar-refractivity contribution in [2.75, 3.05) is 19.7 Å². The van der Waals surface area contributed by atoms with Crippen molar-refractivity contribution in [3.8, 4) is 0 Å². The van der Waals surface area contributed by atoms with Crippen LogP contribution in [-0.4, -0.2) is 56.4 Å². The molecule has 24 heavy (non-hydrogen) atoms. The van der Waals surface area contributed by atoms with Crippen LogP contribution >= 0.6 is 0 Å². The van der Waals surface area contributed by atoms with E-state index in [1.165, 1.54) is 0 Å². The molecule has 0 aromatic carbocycles. The Morgan fingerprint density at radius 2 is 2.08 bits per heavy atom. The van der Waals surface area contributed by atoms with Gasteiger partial charge < -0.3 is 26.4 Å². The topological polar surface area (TPSA) is 112 Å². The van der Waals surface area contributed by atoms with Crippen LogP contribution < -0.4 is 32.3 Å². The number of hydrogen-bond donors (Lipinski definition) is 6. The van der Waals surface area contributed by atoms with Gasteiger partial charge >= 0.3 is 6.03 Å². The predicted octanol–water partition coefficient (Wildman–Crippen LogP) is -0.627. The van der Waals surface area contributed by atoms with E-state index in [1.54, 1.807) is 0 Å². The molecule has 8 nitrogen and oxygen atoms in total. The van der Waals surface area contributed by atoms with Crippen LogP contribution in [0.25, 0.3) is 0 Å². The van der Waals surface area contributed by atoms with Crippen LogP contribution in [0.2, 0.25) is 0 Å². The monoisotopic (exact) mass is 340 g/mol. The van der Waals surface area contributed by atoms with Crippen molar-refractivity contribution in [1.29, 1.82) is 0 Å². The van der Waals surface area contributed by atoms with Crippen LogP contribution in [0, 0.1) is 5.92 Å². The minimum atomic E-state index is -0.241. The Morgan fingerprint density at radius 3 is 2.92 bits per heavy atom. The molecule has 0 aromatic rings. The zero-order valence-electron chi connectivity index (χ0n) is 14.5. The van der Waals surface area contributed by atoms with Crippen LogP contribution in [0.4, 0.5) is 4.79 Å². The van der Waals surface area contributed by atoms with Gasteiger partial charge in [-0.25, -0.2) is 4.79 Å². The summed E-state index contributed by atoms with van der Waals surface area (Å²) in [6, 6.07) is 0.451. The zero-order valence-corrected chi connectivity index (χ0v) is 14.5. The first kappa shape index (κ1) is 17.9. The summed E-state index contributed by atoms with van der Waals surface area (Å²) in [5.41, 5.74) is 5.54. The fourth-order valence-corrected chi connectivity index (χ4v) is 4.13. The summed E-state index contributed by atoms with van der Waals surface area (Å²) in [5.74, 6) is 0.611. The number of ether oxygens (including phenoxy) is 1. The molecule has 3 fully saturated rings. The molecule has 0 radical (unpaired) electrons. The number of fused-ring (bicyclic) bond motifs is 1. The molecule has 138 valence electrons. The van der Waals surface area contributed by atoms with Crippen LogP contribution in [0.3, 0.4) is 0 Å². The van der Waals surface area contributed by atoms with Crippen LogP contribution in [-0.2, 0) is 4.74 Å². The van der Waals surface area contributed by atoms with Gasteiger partial charge in [0.15, 0.2) is 0 Å². The Kier molecular flexibility index (Phi) is 6.29. The Labute approximate surface area is 144 Å². The first-order valence-electron chi connectivity index (χ1n) is 9.28. The second-order valence-corrected chi connectivity index (χ2v) is 7.28. The molecule has 0 bridgehead atoms. The van der Waals surface area contributed by atoms with Crippen LogP contribution in [0.5, 0.6) is 0 Å². The van der Waals surface area contributed by atoms with Gasteiger partial charge in [0.1, 0.15) is 6.29 Å². The Morgan fingerprint density at radius 1 is 1.21 bits per heavy atom. The summed E-state index contributed by atoms with van der Waals surface area (Å²) in [5, 5.41) is 16.2. The van der Waals surface area contributed by atoms with E-state index in [0.717, 1.165) is 45.3 Å². The van der Waals surface area contributed by atoms with Crippen molar-refractivity contribution in [2.45, 2.75) is 69.7 Å². The highest BCUT2D eigenvalue weighted by Crippen LogP contribution is 2.34. The highest BCUT2D eigenvalue weighted by Gasteiger charge is 2.35. The molecule has 3 aliphatic rings. The number of rotatable bonds is 5. The van der Waals surface area contributed by atoms with Gasteiger partial charge in [0.2, 0.25) is 0 Å². The lowest BCUT2D eigenvalue weighted by molar-refractivity contribution is 0.0585. The fraction of sp³-hybridized carbons (Fsp3) is 0.938. The van der Waals surface area contributed by atoms with E-state index in [4.69, 9.17) is 10.5 Å². The highest BCUT2D eigenvalue weighted by molar-refractivity contribution is 5.74. The van der Waals surface area contributed by atoms with E-state index >= 15 is 0 Å². The average Bonchev–Trinajstić information content (AvgIpc) is 3.00. The lowest BCUT2D eigenvalue weighted by Crippen LogP contribution is -2.68. The number of nitrogens with two attached hydrogens (primary N) is 1. The molecule has 1 saturated carbocycles. The normalized spacial score (nSPS) is 39.2. The summed E-state index contributed by atoms with van der Waals surface area (Å²) >= 11 is 0. The average molecular weight is 340 g/mol. The summed E-state index contributed by atoms with van der Waals surface area (Å²) < 4.78 is 5.72. The second kappa shape index (κ2) is 8.44. The molecule has 3 rings (SSSR count). The molecule has 8 heteroatoms. The largest absolute Gasteiger partial charge is 0.378 e. The predicted molar refractivity (Wildman–Crippen MR) is 92.1 cm³/mol. The van der Waals surface area contributed by atoms with Crippen molar-refractivity contribution < 1.29 is 9.53 Å². The van der Waals surface area contributed by atoms with E-state index in [-0.39, 0.29) is 24.5 Å². The van der Waals surface area contributed by atoms with Gasteiger partial charge in [0.25, 0.3) is 0 Å². The minimum Gasteiger partial charge on any atom is -0.378 e. The maximum Gasteiger partial charge on any atom is 0.317 e. The van der Waals surface area contributed by atoms with Gasteiger partial charge in [-0.1, -0.05) is 0 Å². The number of carbonyl (C=O) groups excluding carboxylic acids is 1. The Balaban J connectivity index is 1.42. The van der Waals surface area contributed by atoms with Gasteiger partial charge in [-0.15, -0.1) is 0 Å². The molecule has 0 spiro atoms. The molecular formula is C16H32N6O2. The quantitative estimate of drug-likeness (QED) is 0.397. The molecule has 6 atom stereocenters. The summed E-state index contributed by atoms with van der Waals surface area (Å²) in [6.45, 7) is 4.35. The molecule has 1 aliphatic carbocycles. The van der Waals surface area contributed by atoms with Gasteiger partial charge in [-0.05, 0) is 44.9 Å². The SMILES string of the molecule is CC1CC(NCCN)NC(NC(=O)NC2CCC3OCCC3C2)N1. The smallest absolute Gasteiger partial charge is 0.317 e. The lowest BCUT2D eigenvalue weighted by atomic mass is 9.83. The van der Waals surface area contributed by atoms with Crippen molar-refractivity contribution in [2.24, 2.45) is 11.7 Å². The van der Waals surface area contributed by atoms with Crippen LogP contribution in [0.15, 0.2) is 0 Å². The van der Waals surface area contributed by atoms with E-state index < -0.39 is 0 Å². The van der Waals surface area contributed by atoms with E-state index in [0.29, 0.717) is 24.6 Å². The fourth-order valence-electron chi connectivity index (χ4n) is 4.13. The maximum atomic E-state index is 12.3. The number of hydrogen-bond acceptors (Lipinski definition) is 6. The third-order valence-corrected chi connectivity index (χ3v) is 5.29. The molecule has 7 N–H and O–H groups in total. The number of amides is 2. The summed E-state index contributed by atoms with van der Waals surface area (Å²) in [4.78, 5) is 12.3. The van der Waals surface area contributed by atoms with Crippen molar-refractivity contribution >= 4 is 6.03 Å². The van der Waals surface area contributed by atoms with Gasteiger partial charge in [-0.3, -0.25) is 10.6 Å². The second-order valence-electron chi connectivity index (χ2n) is 7.28. The molecule has 6 unspecified atom stereocenters. The maximum absolute atomic E-state index is 12.3. The lowest BCUT2D eigenvalue weighted by Gasteiger charge is -2.37. The summed E-state index contributed by atoms with van der Waals surface area (Å²) in [6.07, 6.45) is 5.49. The molecule has 2 amide bonds. The van der Waals surface area contributed by atoms with Gasteiger partial charge in [0, 0.05) is 31.8 Å². The van der Waals surface area contributed by atoms with Crippen molar-refractivity contribution in [3.63, 3.8) is 0 Å². The van der Waals surface area contributed by atoms with E-state index in [9.17, 15) is 4.79 Å². The first-order valence-corrected chi connectivity index (χ1v) is 9.28. The number of nitrogens with one attached hydrogen (secondary N) is 5. The Bertz CT molecular complexity index is 423.